The van der Waals surface area contributed by atoms with E-state index in [9.17, 15) is 9.59 Å². The number of fused-ring (bicyclic) bond motifs is 1. The Kier molecular flexibility index (Phi) is 4.32. The Morgan fingerprint density at radius 3 is 2.43 bits per heavy atom. The van der Waals surface area contributed by atoms with Crippen LogP contribution in [0.15, 0.2) is 9.59 Å². The number of imidazole rings is 1. The molecule has 2 N–H and O–H groups in total. The summed E-state index contributed by atoms with van der Waals surface area (Å²) < 4.78 is 4.62. The molecule has 0 atom stereocenters. The highest BCUT2D eigenvalue weighted by molar-refractivity contribution is 5.71. The lowest BCUT2D eigenvalue weighted by Crippen LogP contribution is -2.40. The molecule has 21 heavy (non-hydrogen) atoms. The third kappa shape index (κ3) is 2.53. The number of nitrogens with zero attached hydrogens (tertiary/aromatic N) is 4. The fourth-order valence-corrected chi connectivity index (χ4v) is 2.57. The van der Waals surface area contributed by atoms with Crippen LogP contribution in [0.25, 0.3) is 11.2 Å². The molecule has 0 aliphatic carbocycles. The molecule has 2 heterocycles. The summed E-state index contributed by atoms with van der Waals surface area (Å²) in [5.41, 5.74) is 5.96. The van der Waals surface area contributed by atoms with E-state index in [-0.39, 0.29) is 17.2 Å². The molecule has 2 rings (SSSR count). The van der Waals surface area contributed by atoms with Gasteiger partial charge in [-0.3, -0.25) is 13.9 Å². The van der Waals surface area contributed by atoms with Gasteiger partial charge in [0, 0.05) is 26.6 Å². The van der Waals surface area contributed by atoms with Crippen LogP contribution >= 0.6 is 0 Å². The van der Waals surface area contributed by atoms with Gasteiger partial charge in [0.25, 0.3) is 5.56 Å². The van der Waals surface area contributed by atoms with E-state index in [0.717, 1.165) is 5.82 Å². The Morgan fingerprint density at radius 1 is 1.24 bits per heavy atom. The van der Waals surface area contributed by atoms with Crippen molar-refractivity contribution >= 4 is 11.2 Å². The molecule has 0 saturated heterocycles. The maximum atomic E-state index is 12.5. The van der Waals surface area contributed by atoms with Gasteiger partial charge >= 0.3 is 5.69 Å². The zero-order valence-electron chi connectivity index (χ0n) is 13.1. The fourth-order valence-electron chi connectivity index (χ4n) is 2.57. The molecule has 0 aromatic carbocycles. The van der Waals surface area contributed by atoms with Crippen molar-refractivity contribution in [1.82, 2.24) is 18.7 Å². The van der Waals surface area contributed by atoms with Gasteiger partial charge in [0.05, 0.1) is 0 Å². The van der Waals surface area contributed by atoms with Gasteiger partial charge in [-0.15, -0.1) is 0 Å². The zero-order valence-corrected chi connectivity index (χ0v) is 13.1. The van der Waals surface area contributed by atoms with Gasteiger partial charge in [-0.1, -0.05) is 13.8 Å². The molecule has 0 amide bonds. The minimum absolute atomic E-state index is 0.282. The van der Waals surface area contributed by atoms with Gasteiger partial charge in [0.2, 0.25) is 0 Å². The van der Waals surface area contributed by atoms with Crippen molar-refractivity contribution < 1.29 is 0 Å². The average Bonchev–Trinajstić information content (AvgIpc) is 2.73. The van der Waals surface area contributed by atoms with Crippen LogP contribution < -0.4 is 17.0 Å². The van der Waals surface area contributed by atoms with E-state index < -0.39 is 0 Å². The molecule has 0 spiro atoms. The largest absolute Gasteiger partial charge is 0.332 e. The number of aromatic nitrogens is 4. The first-order valence-corrected chi connectivity index (χ1v) is 7.31. The highest BCUT2D eigenvalue weighted by Gasteiger charge is 2.19. The normalized spacial score (nSPS) is 11.7. The van der Waals surface area contributed by atoms with Crippen molar-refractivity contribution in [2.45, 2.75) is 40.3 Å². The van der Waals surface area contributed by atoms with Gasteiger partial charge < -0.3 is 10.3 Å². The van der Waals surface area contributed by atoms with Crippen LogP contribution in [0, 0.1) is 5.92 Å². The Hall–Kier alpha value is -1.89. The molecule has 0 aliphatic rings. The first-order valence-electron chi connectivity index (χ1n) is 7.31. The van der Waals surface area contributed by atoms with Crippen LogP contribution in [0.3, 0.4) is 0 Å². The molecule has 0 unspecified atom stereocenters. The summed E-state index contributed by atoms with van der Waals surface area (Å²) in [5, 5.41) is 0. The number of aryl methyl sites for hydroxylation is 1. The van der Waals surface area contributed by atoms with E-state index in [1.165, 1.54) is 4.57 Å². The average molecular weight is 293 g/mol. The Balaban J connectivity index is 2.90. The number of hydrogen-bond donors (Lipinski definition) is 1. The van der Waals surface area contributed by atoms with Gasteiger partial charge in [-0.25, -0.2) is 9.78 Å². The molecule has 7 nitrogen and oxygen atoms in total. The van der Waals surface area contributed by atoms with E-state index in [1.54, 1.807) is 23.1 Å². The highest BCUT2D eigenvalue weighted by atomic mass is 16.2. The summed E-state index contributed by atoms with van der Waals surface area (Å²) in [6.45, 7) is 7.20. The van der Waals surface area contributed by atoms with Crippen molar-refractivity contribution in [3.63, 3.8) is 0 Å². The van der Waals surface area contributed by atoms with E-state index in [4.69, 9.17) is 5.73 Å². The lowest BCUT2D eigenvalue weighted by molar-refractivity contribution is 0.491. The van der Waals surface area contributed by atoms with Crippen LogP contribution in [-0.4, -0.2) is 25.2 Å². The Morgan fingerprint density at radius 2 is 1.90 bits per heavy atom. The third-order valence-electron chi connectivity index (χ3n) is 3.57. The second-order valence-electron chi connectivity index (χ2n) is 5.63. The smallest absolute Gasteiger partial charge is 0.330 e. The molecule has 0 bridgehead atoms. The molecule has 2 aromatic heterocycles. The van der Waals surface area contributed by atoms with E-state index in [2.05, 4.69) is 4.98 Å². The monoisotopic (exact) mass is 293 g/mol. The van der Waals surface area contributed by atoms with Crippen molar-refractivity contribution in [3.05, 3.63) is 26.7 Å². The summed E-state index contributed by atoms with van der Waals surface area (Å²) in [5.74, 6) is 1.02. The summed E-state index contributed by atoms with van der Waals surface area (Å²) in [4.78, 5) is 29.5. The van der Waals surface area contributed by atoms with Gasteiger partial charge in [-0.2, -0.15) is 0 Å². The number of nitrogens with two attached hydrogens (primary N) is 1. The molecule has 0 radical (unpaired) electrons. The summed E-state index contributed by atoms with van der Waals surface area (Å²) in [6.07, 6.45) is 0.576. The van der Waals surface area contributed by atoms with Crippen molar-refractivity contribution in [3.8, 4) is 0 Å². The van der Waals surface area contributed by atoms with Crippen LogP contribution in [0.4, 0.5) is 0 Å². The molecule has 116 valence electrons. The first-order chi connectivity index (χ1) is 9.92. The molecule has 2 aromatic rings. The Labute approximate surface area is 123 Å². The first kappa shape index (κ1) is 15.5. The van der Waals surface area contributed by atoms with Gasteiger partial charge in [0.1, 0.15) is 5.82 Å². The molecule has 7 heteroatoms. The van der Waals surface area contributed by atoms with E-state index in [0.29, 0.717) is 37.2 Å². The molecular weight excluding hydrogens is 270 g/mol. The molecule has 0 saturated carbocycles. The molecular formula is C14H23N5O2. The second kappa shape index (κ2) is 5.85. The molecule has 0 fully saturated rings. The molecule has 0 aliphatic heterocycles. The van der Waals surface area contributed by atoms with Crippen LogP contribution in [0.5, 0.6) is 0 Å². The predicted octanol–water partition coefficient (Wildman–Crippen LogP) is 0.0738. The van der Waals surface area contributed by atoms with E-state index in [1.807, 2.05) is 13.8 Å². The third-order valence-corrected chi connectivity index (χ3v) is 3.57. The fraction of sp³-hybridized carbons (Fsp3) is 0.643. The summed E-state index contributed by atoms with van der Waals surface area (Å²) in [7, 11) is 1.80. The minimum atomic E-state index is -0.291. The van der Waals surface area contributed by atoms with Crippen LogP contribution in [-0.2, 0) is 26.6 Å². The maximum Gasteiger partial charge on any atom is 0.332 e. The predicted molar refractivity (Wildman–Crippen MR) is 82.5 cm³/mol. The van der Waals surface area contributed by atoms with E-state index >= 15 is 0 Å². The Bertz CT molecular complexity index is 766. The quantitative estimate of drug-likeness (QED) is 0.845. The SMILES string of the molecule is CCn1c(=O)c2c(nc(CCN)n2C)n(CC(C)C)c1=O. The zero-order chi connectivity index (χ0) is 15.7. The van der Waals surface area contributed by atoms with Crippen LogP contribution in [0.1, 0.15) is 26.6 Å². The summed E-state index contributed by atoms with van der Waals surface area (Å²) >= 11 is 0. The van der Waals surface area contributed by atoms with Gasteiger partial charge in [0.15, 0.2) is 11.2 Å². The maximum absolute atomic E-state index is 12.5. The second-order valence-corrected chi connectivity index (χ2v) is 5.63. The number of rotatable bonds is 5. The standard InChI is InChI=1S/C14H23N5O2/c1-5-18-13(20)11-12(16-10(6-7-15)17(11)4)19(14(18)21)8-9(2)3/h9H,5-8,15H2,1-4H3. The lowest BCUT2D eigenvalue weighted by Gasteiger charge is -2.12. The lowest BCUT2D eigenvalue weighted by atomic mass is 10.2. The van der Waals surface area contributed by atoms with Crippen LogP contribution in [0.2, 0.25) is 0 Å². The number of hydrogen-bond acceptors (Lipinski definition) is 4. The topological polar surface area (TPSA) is 87.8 Å². The van der Waals surface area contributed by atoms with Crippen molar-refractivity contribution in [2.75, 3.05) is 6.54 Å². The highest BCUT2D eigenvalue weighted by Crippen LogP contribution is 2.11. The van der Waals surface area contributed by atoms with Gasteiger partial charge in [-0.05, 0) is 19.4 Å². The minimum Gasteiger partial charge on any atom is -0.330 e. The van der Waals surface area contributed by atoms with Crippen molar-refractivity contribution in [2.24, 2.45) is 18.7 Å². The summed E-state index contributed by atoms with van der Waals surface area (Å²) in [6, 6.07) is 0. The van der Waals surface area contributed by atoms with Crippen molar-refractivity contribution in [1.29, 1.82) is 0 Å².